The van der Waals surface area contributed by atoms with Gasteiger partial charge in [0.25, 0.3) is 0 Å². The van der Waals surface area contributed by atoms with Crippen molar-refractivity contribution in [3.8, 4) is 5.75 Å². The van der Waals surface area contributed by atoms with Crippen LogP contribution in [-0.4, -0.2) is 13.7 Å². The minimum absolute atomic E-state index is 0.747. The van der Waals surface area contributed by atoms with E-state index in [4.69, 9.17) is 16.3 Å². The molecular formula is C14H20ClNO. The third kappa shape index (κ3) is 3.53. The van der Waals surface area contributed by atoms with Gasteiger partial charge in [-0.1, -0.05) is 30.9 Å². The molecule has 2 rings (SSSR count). The molecule has 0 aromatic heterocycles. The quantitative estimate of drug-likeness (QED) is 0.862. The second-order valence-corrected chi connectivity index (χ2v) is 5.17. The van der Waals surface area contributed by atoms with E-state index in [1.165, 1.54) is 32.1 Å². The molecule has 1 saturated carbocycles. The molecule has 1 aromatic rings. The first kappa shape index (κ1) is 12.6. The van der Waals surface area contributed by atoms with Gasteiger partial charge in [-0.25, -0.2) is 0 Å². The molecule has 1 fully saturated rings. The molecule has 0 heterocycles. The van der Waals surface area contributed by atoms with Gasteiger partial charge in [0, 0.05) is 11.6 Å². The second-order valence-electron chi connectivity index (χ2n) is 4.73. The van der Waals surface area contributed by atoms with Gasteiger partial charge in [-0.05, 0) is 37.0 Å². The van der Waals surface area contributed by atoms with Crippen LogP contribution in [0.5, 0.6) is 5.75 Å². The predicted molar refractivity (Wildman–Crippen MR) is 73.1 cm³/mol. The zero-order valence-electron chi connectivity index (χ0n) is 10.3. The number of halogens is 1. The maximum atomic E-state index is 6.00. The number of ether oxygens (including phenoxy) is 1. The van der Waals surface area contributed by atoms with Gasteiger partial charge < -0.3 is 10.1 Å². The van der Waals surface area contributed by atoms with E-state index in [0.717, 1.165) is 28.9 Å². The second kappa shape index (κ2) is 6.15. The number of anilines is 1. The fourth-order valence-electron chi connectivity index (χ4n) is 2.46. The van der Waals surface area contributed by atoms with Crippen molar-refractivity contribution in [3.05, 3.63) is 23.2 Å². The van der Waals surface area contributed by atoms with Crippen molar-refractivity contribution in [3.63, 3.8) is 0 Å². The van der Waals surface area contributed by atoms with Gasteiger partial charge in [-0.3, -0.25) is 0 Å². The third-order valence-electron chi connectivity index (χ3n) is 3.47. The van der Waals surface area contributed by atoms with Crippen LogP contribution in [0.1, 0.15) is 32.1 Å². The zero-order valence-corrected chi connectivity index (χ0v) is 11.1. The van der Waals surface area contributed by atoms with Gasteiger partial charge >= 0.3 is 0 Å². The van der Waals surface area contributed by atoms with Crippen molar-refractivity contribution in [1.82, 2.24) is 0 Å². The van der Waals surface area contributed by atoms with E-state index >= 15 is 0 Å². The van der Waals surface area contributed by atoms with Crippen LogP contribution in [-0.2, 0) is 0 Å². The van der Waals surface area contributed by atoms with Crippen LogP contribution in [0.3, 0.4) is 0 Å². The van der Waals surface area contributed by atoms with Gasteiger partial charge in [0.15, 0.2) is 0 Å². The number of nitrogens with one attached hydrogen (secondary N) is 1. The minimum atomic E-state index is 0.747. The standard InChI is InChI=1S/C14H20ClNO/c1-17-14-8-7-12(15)9-13(14)16-10-11-5-3-2-4-6-11/h7-9,11,16H,2-6,10H2,1H3. The summed E-state index contributed by atoms with van der Waals surface area (Å²) in [4.78, 5) is 0. The monoisotopic (exact) mass is 253 g/mol. The summed E-state index contributed by atoms with van der Waals surface area (Å²) in [6.45, 7) is 1.02. The smallest absolute Gasteiger partial charge is 0.142 e. The zero-order chi connectivity index (χ0) is 12.1. The lowest BCUT2D eigenvalue weighted by molar-refractivity contribution is 0.372. The molecule has 0 bridgehead atoms. The lowest BCUT2D eigenvalue weighted by Gasteiger charge is -2.22. The largest absolute Gasteiger partial charge is 0.495 e. The number of methoxy groups -OCH3 is 1. The Kier molecular flexibility index (Phi) is 4.55. The molecule has 2 nitrogen and oxygen atoms in total. The Morgan fingerprint density at radius 1 is 1.29 bits per heavy atom. The number of rotatable bonds is 4. The summed E-state index contributed by atoms with van der Waals surface area (Å²) in [5.41, 5.74) is 1.01. The molecule has 0 unspecified atom stereocenters. The molecule has 0 saturated heterocycles. The summed E-state index contributed by atoms with van der Waals surface area (Å²) in [7, 11) is 1.69. The van der Waals surface area contributed by atoms with E-state index in [1.807, 2.05) is 18.2 Å². The topological polar surface area (TPSA) is 21.3 Å². The fourth-order valence-corrected chi connectivity index (χ4v) is 2.64. The maximum absolute atomic E-state index is 6.00. The molecule has 94 valence electrons. The van der Waals surface area contributed by atoms with Crippen LogP contribution in [0.4, 0.5) is 5.69 Å². The van der Waals surface area contributed by atoms with E-state index in [9.17, 15) is 0 Å². The molecule has 1 aromatic carbocycles. The highest BCUT2D eigenvalue weighted by atomic mass is 35.5. The molecular weight excluding hydrogens is 234 g/mol. The summed E-state index contributed by atoms with van der Waals surface area (Å²) in [5, 5.41) is 4.21. The van der Waals surface area contributed by atoms with Crippen LogP contribution in [0, 0.1) is 5.92 Å². The fraction of sp³-hybridized carbons (Fsp3) is 0.571. The molecule has 0 amide bonds. The Morgan fingerprint density at radius 2 is 2.06 bits per heavy atom. The highest BCUT2D eigenvalue weighted by Crippen LogP contribution is 2.29. The maximum Gasteiger partial charge on any atom is 0.142 e. The average molecular weight is 254 g/mol. The van der Waals surface area contributed by atoms with Crippen LogP contribution < -0.4 is 10.1 Å². The molecule has 0 radical (unpaired) electrons. The highest BCUT2D eigenvalue weighted by molar-refractivity contribution is 6.30. The van der Waals surface area contributed by atoms with Crippen molar-refractivity contribution < 1.29 is 4.74 Å². The Morgan fingerprint density at radius 3 is 2.76 bits per heavy atom. The van der Waals surface area contributed by atoms with E-state index in [0.29, 0.717) is 0 Å². The first-order valence-corrected chi connectivity index (χ1v) is 6.75. The summed E-state index contributed by atoms with van der Waals surface area (Å²) < 4.78 is 5.32. The van der Waals surface area contributed by atoms with Crippen LogP contribution in [0.2, 0.25) is 5.02 Å². The number of hydrogen-bond acceptors (Lipinski definition) is 2. The third-order valence-corrected chi connectivity index (χ3v) is 3.70. The van der Waals surface area contributed by atoms with Crippen LogP contribution in [0.25, 0.3) is 0 Å². The van der Waals surface area contributed by atoms with Crippen LogP contribution >= 0.6 is 11.6 Å². The number of benzene rings is 1. The average Bonchev–Trinajstić information content (AvgIpc) is 2.38. The van der Waals surface area contributed by atoms with Gasteiger partial charge in [-0.2, -0.15) is 0 Å². The summed E-state index contributed by atoms with van der Waals surface area (Å²) >= 11 is 6.00. The summed E-state index contributed by atoms with van der Waals surface area (Å²) in [6, 6.07) is 5.70. The van der Waals surface area contributed by atoms with Crippen molar-refractivity contribution in [2.24, 2.45) is 5.92 Å². The summed E-state index contributed by atoms with van der Waals surface area (Å²) in [5.74, 6) is 1.66. The molecule has 0 spiro atoms. The van der Waals surface area contributed by atoms with E-state index in [-0.39, 0.29) is 0 Å². The molecule has 17 heavy (non-hydrogen) atoms. The van der Waals surface area contributed by atoms with Gasteiger partial charge in [0.2, 0.25) is 0 Å². The summed E-state index contributed by atoms with van der Waals surface area (Å²) in [6.07, 6.45) is 6.83. The Labute approximate surface area is 108 Å². The minimum Gasteiger partial charge on any atom is -0.495 e. The Hall–Kier alpha value is -0.890. The molecule has 1 aliphatic rings. The van der Waals surface area contributed by atoms with Gasteiger partial charge in [0.1, 0.15) is 5.75 Å². The SMILES string of the molecule is COc1ccc(Cl)cc1NCC1CCCCC1. The predicted octanol–water partition coefficient (Wildman–Crippen LogP) is 4.34. The normalized spacial score (nSPS) is 16.8. The highest BCUT2D eigenvalue weighted by Gasteiger charge is 2.13. The Bertz CT molecular complexity index is 361. The lowest BCUT2D eigenvalue weighted by Crippen LogP contribution is -2.17. The lowest BCUT2D eigenvalue weighted by atomic mass is 9.89. The van der Waals surface area contributed by atoms with E-state index in [2.05, 4.69) is 5.32 Å². The van der Waals surface area contributed by atoms with Gasteiger partial charge in [-0.15, -0.1) is 0 Å². The molecule has 1 aliphatic carbocycles. The molecule has 0 aliphatic heterocycles. The first-order valence-electron chi connectivity index (χ1n) is 6.37. The van der Waals surface area contributed by atoms with Gasteiger partial charge in [0.05, 0.1) is 12.8 Å². The van der Waals surface area contributed by atoms with E-state index in [1.54, 1.807) is 7.11 Å². The van der Waals surface area contributed by atoms with Crippen molar-refractivity contribution >= 4 is 17.3 Å². The van der Waals surface area contributed by atoms with Crippen LogP contribution in [0.15, 0.2) is 18.2 Å². The molecule has 1 N–H and O–H groups in total. The van der Waals surface area contributed by atoms with E-state index < -0.39 is 0 Å². The van der Waals surface area contributed by atoms with Crippen molar-refractivity contribution in [1.29, 1.82) is 0 Å². The first-order chi connectivity index (χ1) is 8.29. The van der Waals surface area contributed by atoms with Crippen molar-refractivity contribution in [2.45, 2.75) is 32.1 Å². The molecule has 3 heteroatoms. The number of hydrogen-bond donors (Lipinski definition) is 1. The molecule has 0 atom stereocenters. The Balaban J connectivity index is 1.95. The van der Waals surface area contributed by atoms with Crippen molar-refractivity contribution in [2.75, 3.05) is 19.0 Å².